The molecule has 0 saturated heterocycles. The van der Waals surface area contributed by atoms with Crippen LogP contribution in [0.5, 0.6) is 0 Å². The van der Waals surface area contributed by atoms with E-state index in [4.69, 9.17) is 4.42 Å². The lowest BCUT2D eigenvalue weighted by Gasteiger charge is -2.06. The molecule has 2 rings (SSSR count). The van der Waals surface area contributed by atoms with E-state index in [1.54, 1.807) is 0 Å². The monoisotopic (exact) mass is 231 g/mol. The first-order valence-electron chi connectivity index (χ1n) is 6.36. The molecule has 0 spiro atoms. The molecule has 1 heterocycles. The van der Waals surface area contributed by atoms with E-state index < -0.39 is 0 Å². The van der Waals surface area contributed by atoms with Crippen molar-refractivity contribution in [1.82, 2.24) is 5.32 Å². The fraction of sp³-hybridized carbons (Fsp3) is 0.467. The van der Waals surface area contributed by atoms with Crippen molar-refractivity contribution in [1.29, 1.82) is 0 Å². The smallest absolute Gasteiger partial charge is 0.134 e. The highest BCUT2D eigenvalue weighted by molar-refractivity contribution is 5.82. The van der Waals surface area contributed by atoms with Crippen LogP contribution < -0.4 is 5.32 Å². The number of fused-ring (bicyclic) bond motifs is 1. The van der Waals surface area contributed by atoms with Gasteiger partial charge in [-0.2, -0.15) is 0 Å². The van der Waals surface area contributed by atoms with E-state index in [0.29, 0.717) is 0 Å². The van der Waals surface area contributed by atoms with Gasteiger partial charge in [0.2, 0.25) is 0 Å². The van der Waals surface area contributed by atoms with Crippen LogP contribution in [0.1, 0.15) is 31.6 Å². The molecule has 0 aliphatic carbocycles. The normalized spacial score (nSPS) is 11.5. The van der Waals surface area contributed by atoms with Crippen molar-refractivity contribution >= 4 is 11.0 Å². The molecular formula is C15H21NO. The predicted molar refractivity (Wildman–Crippen MR) is 72.1 cm³/mol. The van der Waals surface area contributed by atoms with Crippen LogP contribution in [-0.4, -0.2) is 6.54 Å². The molecule has 0 fully saturated rings. The van der Waals surface area contributed by atoms with Gasteiger partial charge < -0.3 is 9.73 Å². The number of furan rings is 1. The maximum absolute atomic E-state index is 5.74. The summed E-state index contributed by atoms with van der Waals surface area (Å²) in [6.45, 7) is 8.51. The quantitative estimate of drug-likeness (QED) is 0.790. The van der Waals surface area contributed by atoms with E-state index in [1.807, 2.05) is 19.1 Å². The molecule has 0 atom stereocenters. The largest absolute Gasteiger partial charge is 0.461 e. The second-order valence-electron chi connectivity index (χ2n) is 4.99. The average molecular weight is 231 g/mol. The van der Waals surface area contributed by atoms with Crippen molar-refractivity contribution in [3.05, 3.63) is 35.6 Å². The summed E-state index contributed by atoms with van der Waals surface area (Å²) in [6.07, 6.45) is 1.22. The van der Waals surface area contributed by atoms with Gasteiger partial charge in [0.15, 0.2) is 0 Å². The van der Waals surface area contributed by atoms with Crippen molar-refractivity contribution in [3.8, 4) is 0 Å². The second-order valence-corrected chi connectivity index (χ2v) is 4.99. The molecule has 2 heteroatoms. The van der Waals surface area contributed by atoms with Gasteiger partial charge in [-0.05, 0) is 31.9 Å². The number of rotatable bonds is 5. The summed E-state index contributed by atoms with van der Waals surface area (Å²) in [5.41, 5.74) is 2.29. The first-order valence-corrected chi connectivity index (χ1v) is 6.36. The van der Waals surface area contributed by atoms with Gasteiger partial charge in [0.05, 0.1) is 0 Å². The first kappa shape index (κ1) is 12.2. The average Bonchev–Trinajstić information content (AvgIpc) is 2.60. The predicted octanol–water partition coefficient (Wildman–Crippen LogP) is 3.88. The number of aryl methyl sites for hydroxylation is 1. The third-order valence-electron chi connectivity index (χ3n) is 3.10. The van der Waals surface area contributed by atoms with Crippen molar-refractivity contribution in [2.24, 2.45) is 5.92 Å². The molecule has 92 valence electrons. The molecule has 0 aliphatic rings. The number of hydrogen-bond acceptors (Lipinski definition) is 2. The number of para-hydroxylation sites is 1. The Labute approximate surface area is 103 Å². The fourth-order valence-electron chi connectivity index (χ4n) is 2.04. The third kappa shape index (κ3) is 2.89. The molecule has 0 bridgehead atoms. The van der Waals surface area contributed by atoms with E-state index in [1.165, 1.54) is 17.4 Å². The Bertz CT molecular complexity index is 485. The van der Waals surface area contributed by atoms with Crippen LogP contribution in [-0.2, 0) is 6.54 Å². The molecule has 17 heavy (non-hydrogen) atoms. The van der Waals surface area contributed by atoms with Crippen LogP contribution in [0.25, 0.3) is 11.0 Å². The van der Waals surface area contributed by atoms with Gasteiger partial charge in [-0.1, -0.05) is 32.0 Å². The molecule has 0 radical (unpaired) electrons. The number of hydrogen-bond donors (Lipinski definition) is 1. The van der Waals surface area contributed by atoms with Crippen LogP contribution in [0.3, 0.4) is 0 Å². The zero-order valence-corrected chi connectivity index (χ0v) is 10.9. The Hall–Kier alpha value is -1.28. The third-order valence-corrected chi connectivity index (χ3v) is 3.10. The summed E-state index contributed by atoms with van der Waals surface area (Å²) in [7, 11) is 0. The van der Waals surface area contributed by atoms with Crippen LogP contribution in [0.4, 0.5) is 0 Å². The summed E-state index contributed by atoms with van der Waals surface area (Å²) >= 11 is 0. The van der Waals surface area contributed by atoms with Crippen molar-refractivity contribution < 1.29 is 4.42 Å². The van der Waals surface area contributed by atoms with E-state index in [9.17, 15) is 0 Å². The van der Waals surface area contributed by atoms with E-state index in [0.717, 1.165) is 30.4 Å². The maximum Gasteiger partial charge on any atom is 0.134 e. The molecule has 1 aromatic carbocycles. The molecule has 0 aliphatic heterocycles. The van der Waals surface area contributed by atoms with Crippen LogP contribution in [0.2, 0.25) is 0 Å². The second kappa shape index (κ2) is 5.37. The zero-order valence-electron chi connectivity index (χ0n) is 10.9. The summed E-state index contributed by atoms with van der Waals surface area (Å²) in [6, 6.07) is 8.24. The van der Waals surface area contributed by atoms with E-state index in [-0.39, 0.29) is 0 Å². The Kier molecular flexibility index (Phi) is 3.85. The summed E-state index contributed by atoms with van der Waals surface area (Å²) in [4.78, 5) is 0. The van der Waals surface area contributed by atoms with Crippen LogP contribution in [0.15, 0.2) is 28.7 Å². The maximum atomic E-state index is 5.74. The van der Waals surface area contributed by atoms with Gasteiger partial charge in [-0.15, -0.1) is 0 Å². The summed E-state index contributed by atoms with van der Waals surface area (Å²) in [5.74, 6) is 1.79. The highest BCUT2D eigenvalue weighted by Crippen LogP contribution is 2.24. The summed E-state index contributed by atoms with van der Waals surface area (Å²) in [5, 5.41) is 4.73. The minimum Gasteiger partial charge on any atom is -0.461 e. The molecule has 0 saturated carbocycles. The van der Waals surface area contributed by atoms with Gasteiger partial charge in [0.25, 0.3) is 0 Å². The molecular weight excluding hydrogens is 210 g/mol. The molecule has 2 nitrogen and oxygen atoms in total. The highest BCUT2D eigenvalue weighted by Gasteiger charge is 2.09. The Morgan fingerprint density at radius 1 is 1.24 bits per heavy atom. The van der Waals surface area contributed by atoms with Gasteiger partial charge in [-0.25, -0.2) is 0 Å². The van der Waals surface area contributed by atoms with Crippen molar-refractivity contribution in [2.45, 2.75) is 33.7 Å². The van der Waals surface area contributed by atoms with Gasteiger partial charge in [0.1, 0.15) is 11.3 Å². The zero-order chi connectivity index (χ0) is 12.3. The standard InChI is InChI=1S/C15H21NO/c1-11(2)8-9-16-10-14-12(3)17-15-7-5-4-6-13(14)15/h4-7,11,16H,8-10H2,1-3H3. The molecule has 0 amide bonds. The molecule has 1 N–H and O–H groups in total. The minimum atomic E-state index is 0.754. The SMILES string of the molecule is Cc1oc2ccccc2c1CNCCC(C)C. The number of benzene rings is 1. The van der Waals surface area contributed by atoms with E-state index >= 15 is 0 Å². The van der Waals surface area contributed by atoms with E-state index in [2.05, 4.69) is 31.3 Å². The minimum absolute atomic E-state index is 0.754. The molecule has 0 unspecified atom stereocenters. The lowest BCUT2D eigenvalue weighted by molar-refractivity contribution is 0.529. The first-order chi connectivity index (χ1) is 8.18. The molecule has 2 aromatic rings. The summed E-state index contributed by atoms with van der Waals surface area (Å²) < 4.78 is 5.74. The topological polar surface area (TPSA) is 25.2 Å². The lowest BCUT2D eigenvalue weighted by Crippen LogP contribution is -2.16. The van der Waals surface area contributed by atoms with Gasteiger partial charge in [-0.3, -0.25) is 0 Å². The molecule has 1 aromatic heterocycles. The highest BCUT2D eigenvalue weighted by atomic mass is 16.3. The Morgan fingerprint density at radius 3 is 2.76 bits per heavy atom. The Balaban J connectivity index is 2.05. The fourth-order valence-corrected chi connectivity index (χ4v) is 2.04. The van der Waals surface area contributed by atoms with Gasteiger partial charge in [0, 0.05) is 17.5 Å². The van der Waals surface area contributed by atoms with Crippen LogP contribution in [0, 0.1) is 12.8 Å². The van der Waals surface area contributed by atoms with Gasteiger partial charge >= 0.3 is 0 Å². The van der Waals surface area contributed by atoms with Crippen LogP contribution >= 0.6 is 0 Å². The van der Waals surface area contributed by atoms with Crippen molar-refractivity contribution in [2.75, 3.05) is 6.54 Å². The van der Waals surface area contributed by atoms with Crippen molar-refractivity contribution in [3.63, 3.8) is 0 Å². The number of nitrogens with one attached hydrogen (secondary N) is 1. The Morgan fingerprint density at radius 2 is 2.00 bits per heavy atom. The lowest BCUT2D eigenvalue weighted by atomic mass is 10.1.